The summed E-state index contributed by atoms with van der Waals surface area (Å²) in [5.74, 6) is -0.496. The van der Waals surface area contributed by atoms with Crippen molar-refractivity contribution in [2.75, 3.05) is 38.5 Å². The van der Waals surface area contributed by atoms with Gasteiger partial charge in [-0.2, -0.15) is 17.5 Å². The Labute approximate surface area is 173 Å². The van der Waals surface area contributed by atoms with Crippen molar-refractivity contribution in [3.8, 4) is 0 Å². The van der Waals surface area contributed by atoms with Gasteiger partial charge in [0.05, 0.1) is 16.9 Å². The van der Waals surface area contributed by atoms with Crippen LogP contribution < -0.4 is 5.32 Å². The van der Waals surface area contributed by atoms with E-state index in [0.717, 1.165) is 12.1 Å². The van der Waals surface area contributed by atoms with Crippen molar-refractivity contribution in [2.24, 2.45) is 0 Å². The lowest BCUT2D eigenvalue weighted by Crippen LogP contribution is -2.46. The second kappa shape index (κ2) is 8.75. The average Bonchev–Trinajstić information content (AvgIpc) is 2.68. The molecule has 0 bridgehead atoms. The predicted octanol–water partition coefficient (Wildman–Crippen LogP) is 2.82. The number of piperazine rings is 1. The standard InChI is InChI=1S/C20H22F3N3O3S/c1-25-9-11-26(12-10-25)30(28,29)18-7-5-17(6-8-18)24-19(27)14-15-3-2-4-16(13-15)20(21,22)23/h2-8,13H,9-12,14H2,1H3,(H,24,27). The molecule has 1 heterocycles. The molecule has 0 spiro atoms. The number of benzene rings is 2. The number of hydrogen-bond donors (Lipinski definition) is 1. The van der Waals surface area contributed by atoms with Crippen molar-refractivity contribution in [3.05, 3.63) is 59.7 Å². The van der Waals surface area contributed by atoms with Gasteiger partial charge in [0.25, 0.3) is 0 Å². The van der Waals surface area contributed by atoms with E-state index in [9.17, 15) is 26.4 Å². The number of likely N-dealkylation sites (N-methyl/N-ethyl adjacent to an activating group) is 1. The molecule has 0 unspecified atom stereocenters. The van der Waals surface area contributed by atoms with Crippen LogP contribution in [0.1, 0.15) is 11.1 Å². The molecule has 0 radical (unpaired) electrons. The molecule has 3 rings (SSSR count). The summed E-state index contributed by atoms with van der Waals surface area (Å²) in [6.45, 7) is 2.13. The number of anilines is 1. The van der Waals surface area contributed by atoms with Crippen molar-refractivity contribution < 1.29 is 26.4 Å². The molecule has 6 nitrogen and oxygen atoms in total. The molecule has 2 aromatic rings. The lowest BCUT2D eigenvalue weighted by atomic mass is 10.1. The predicted molar refractivity (Wildman–Crippen MR) is 106 cm³/mol. The molecule has 1 fully saturated rings. The zero-order chi connectivity index (χ0) is 21.9. The van der Waals surface area contributed by atoms with E-state index in [1.165, 1.54) is 40.7 Å². The molecule has 1 amide bonds. The van der Waals surface area contributed by atoms with Crippen LogP contribution in [0, 0.1) is 0 Å². The molecule has 1 aliphatic rings. The van der Waals surface area contributed by atoms with Crippen molar-refractivity contribution in [1.82, 2.24) is 9.21 Å². The number of nitrogens with one attached hydrogen (secondary N) is 1. The lowest BCUT2D eigenvalue weighted by Gasteiger charge is -2.31. The van der Waals surface area contributed by atoms with E-state index in [1.54, 1.807) is 0 Å². The number of alkyl halides is 3. The second-order valence-electron chi connectivity index (χ2n) is 7.15. The van der Waals surface area contributed by atoms with Crippen LogP contribution >= 0.6 is 0 Å². The summed E-state index contributed by atoms with van der Waals surface area (Å²) in [6.07, 6.45) is -4.71. The summed E-state index contributed by atoms with van der Waals surface area (Å²) in [4.78, 5) is 14.4. The van der Waals surface area contributed by atoms with Gasteiger partial charge in [0, 0.05) is 31.9 Å². The fourth-order valence-electron chi connectivity index (χ4n) is 3.14. The number of carbonyl (C=O) groups excluding carboxylic acids is 1. The highest BCUT2D eigenvalue weighted by molar-refractivity contribution is 7.89. The Morgan fingerprint density at radius 3 is 2.27 bits per heavy atom. The van der Waals surface area contributed by atoms with E-state index >= 15 is 0 Å². The third-order valence-corrected chi connectivity index (χ3v) is 6.77. The molecule has 162 valence electrons. The van der Waals surface area contributed by atoms with E-state index in [0.29, 0.717) is 31.9 Å². The SMILES string of the molecule is CN1CCN(S(=O)(=O)c2ccc(NC(=O)Cc3cccc(C(F)(F)F)c3)cc2)CC1. The number of carbonyl (C=O) groups is 1. The molecule has 1 aliphatic heterocycles. The Hall–Kier alpha value is -2.43. The van der Waals surface area contributed by atoms with Crippen molar-refractivity contribution >= 4 is 21.6 Å². The van der Waals surface area contributed by atoms with Crippen molar-refractivity contribution in [1.29, 1.82) is 0 Å². The number of sulfonamides is 1. The van der Waals surface area contributed by atoms with E-state index in [1.807, 2.05) is 7.05 Å². The highest BCUT2D eigenvalue weighted by atomic mass is 32.2. The highest BCUT2D eigenvalue weighted by Gasteiger charge is 2.30. The largest absolute Gasteiger partial charge is 0.416 e. The zero-order valence-electron chi connectivity index (χ0n) is 16.3. The van der Waals surface area contributed by atoms with Crippen LogP contribution in [0.15, 0.2) is 53.4 Å². The minimum atomic E-state index is -4.47. The summed E-state index contributed by atoms with van der Waals surface area (Å²) in [5.41, 5.74) is -0.216. The van der Waals surface area contributed by atoms with E-state index in [2.05, 4.69) is 10.2 Å². The summed E-state index contributed by atoms with van der Waals surface area (Å²) >= 11 is 0. The molecule has 0 saturated carbocycles. The molecule has 0 aromatic heterocycles. The molecular weight excluding hydrogens is 419 g/mol. The molecule has 2 aromatic carbocycles. The van der Waals surface area contributed by atoms with Gasteiger partial charge in [-0.05, 0) is 42.9 Å². The highest BCUT2D eigenvalue weighted by Crippen LogP contribution is 2.29. The fraction of sp³-hybridized carbons (Fsp3) is 0.350. The summed E-state index contributed by atoms with van der Waals surface area (Å²) in [6, 6.07) is 10.3. The summed E-state index contributed by atoms with van der Waals surface area (Å²) < 4.78 is 65.2. The monoisotopic (exact) mass is 441 g/mol. The van der Waals surface area contributed by atoms with Crippen LogP contribution in [0.2, 0.25) is 0 Å². The normalized spacial score (nSPS) is 16.4. The second-order valence-corrected chi connectivity index (χ2v) is 9.09. The van der Waals surface area contributed by atoms with Crippen LogP contribution in [0.3, 0.4) is 0 Å². The van der Waals surface area contributed by atoms with Crippen LogP contribution in [-0.4, -0.2) is 56.8 Å². The number of amides is 1. The van der Waals surface area contributed by atoms with Gasteiger partial charge in [0.15, 0.2) is 0 Å². The Bertz CT molecular complexity index is 1000. The van der Waals surface area contributed by atoms with Gasteiger partial charge in [-0.15, -0.1) is 0 Å². The van der Waals surface area contributed by atoms with Gasteiger partial charge >= 0.3 is 6.18 Å². The van der Waals surface area contributed by atoms with Gasteiger partial charge in [-0.1, -0.05) is 18.2 Å². The van der Waals surface area contributed by atoms with Gasteiger partial charge in [-0.25, -0.2) is 8.42 Å². The lowest BCUT2D eigenvalue weighted by molar-refractivity contribution is -0.137. The van der Waals surface area contributed by atoms with Gasteiger partial charge in [0.2, 0.25) is 15.9 Å². The maximum absolute atomic E-state index is 12.8. The minimum Gasteiger partial charge on any atom is -0.326 e. The number of halogens is 3. The fourth-order valence-corrected chi connectivity index (χ4v) is 4.56. The topological polar surface area (TPSA) is 69.7 Å². The number of nitrogens with zero attached hydrogens (tertiary/aromatic N) is 2. The zero-order valence-corrected chi connectivity index (χ0v) is 17.1. The number of rotatable bonds is 5. The van der Waals surface area contributed by atoms with E-state index in [4.69, 9.17) is 0 Å². The molecule has 0 atom stereocenters. The van der Waals surface area contributed by atoms with Crippen molar-refractivity contribution in [3.63, 3.8) is 0 Å². The minimum absolute atomic E-state index is 0.128. The smallest absolute Gasteiger partial charge is 0.326 e. The van der Waals surface area contributed by atoms with E-state index in [-0.39, 0.29) is 16.9 Å². The molecule has 1 N–H and O–H groups in total. The average molecular weight is 441 g/mol. The van der Waals surface area contributed by atoms with Crippen LogP contribution in [-0.2, 0) is 27.4 Å². The number of hydrogen-bond acceptors (Lipinski definition) is 4. The van der Waals surface area contributed by atoms with E-state index < -0.39 is 27.7 Å². The third-order valence-electron chi connectivity index (χ3n) is 4.86. The maximum Gasteiger partial charge on any atom is 0.416 e. The first-order valence-electron chi connectivity index (χ1n) is 9.30. The van der Waals surface area contributed by atoms with Gasteiger partial charge < -0.3 is 10.2 Å². The molecule has 1 saturated heterocycles. The Kier molecular flexibility index (Phi) is 6.49. The summed E-state index contributed by atoms with van der Waals surface area (Å²) in [7, 11) is -1.68. The first kappa shape index (κ1) is 22.3. The molecular formula is C20H22F3N3O3S. The van der Waals surface area contributed by atoms with Crippen LogP contribution in [0.4, 0.5) is 18.9 Å². The summed E-state index contributed by atoms with van der Waals surface area (Å²) in [5, 5.41) is 2.58. The van der Waals surface area contributed by atoms with Crippen LogP contribution in [0.25, 0.3) is 0 Å². The molecule has 0 aliphatic carbocycles. The van der Waals surface area contributed by atoms with Crippen LogP contribution in [0.5, 0.6) is 0 Å². The molecule has 30 heavy (non-hydrogen) atoms. The third kappa shape index (κ3) is 5.38. The first-order chi connectivity index (χ1) is 14.1. The Balaban J connectivity index is 1.64. The van der Waals surface area contributed by atoms with Gasteiger partial charge in [0.1, 0.15) is 0 Å². The quantitative estimate of drug-likeness (QED) is 0.775. The Morgan fingerprint density at radius 2 is 1.67 bits per heavy atom. The first-order valence-corrected chi connectivity index (χ1v) is 10.7. The maximum atomic E-state index is 12.8. The van der Waals surface area contributed by atoms with Gasteiger partial charge in [-0.3, -0.25) is 4.79 Å². The Morgan fingerprint density at radius 1 is 1.03 bits per heavy atom. The van der Waals surface area contributed by atoms with Crippen molar-refractivity contribution in [2.45, 2.75) is 17.5 Å². The molecule has 10 heteroatoms.